The SMILES string of the molecule is COC(=O)C1CCCCN1C(=O)c1ccc(C)cc1. The zero-order valence-corrected chi connectivity index (χ0v) is 11.4. The molecule has 0 radical (unpaired) electrons. The van der Waals surface area contributed by atoms with Crippen LogP contribution in [0.15, 0.2) is 24.3 Å². The molecule has 1 fully saturated rings. The number of piperidine rings is 1. The molecule has 0 aliphatic carbocycles. The van der Waals surface area contributed by atoms with Gasteiger partial charge in [-0.05, 0) is 38.3 Å². The average Bonchev–Trinajstić information content (AvgIpc) is 2.46. The number of likely N-dealkylation sites (tertiary alicyclic amines) is 1. The van der Waals surface area contributed by atoms with Crippen molar-refractivity contribution in [2.75, 3.05) is 13.7 Å². The number of methoxy groups -OCH3 is 1. The lowest BCUT2D eigenvalue weighted by Crippen LogP contribution is -2.48. The van der Waals surface area contributed by atoms with Gasteiger partial charge in [0.15, 0.2) is 0 Å². The molecule has 1 saturated heterocycles. The van der Waals surface area contributed by atoms with Crippen LogP contribution in [0.3, 0.4) is 0 Å². The molecular weight excluding hydrogens is 242 g/mol. The molecule has 1 atom stereocenters. The van der Waals surface area contributed by atoms with Gasteiger partial charge in [0.2, 0.25) is 0 Å². The molecule has 0 N–H and O–H groups in total. The first kappa shape index (κ1) is 13.6. The van der Waals surface area contributed by atoms with Gasteiger partial charge in [0.25, 0.3) is 5.91 Å². The molecule has 1 unspecified atom stereocenters. The summed E-state index contributed by atoms with van der Waals surface area (Å²) < 4.78 is 4.79. The Kier molecular flexibility index (Phi) is 4.20. The van der Waals surface area contributed by atoms with Crippen LogP contribution in [0.2, 0.25) is 0 Å². The Morgan fingerprint density at radius 1 is 1.21 bits per heavy atom. The molecule has 0 aromatic heterocycles. The van der Waals surface area contributed by atoms with Crippen LogP contribution in [0.1, 0.15) is 35.2 Å². The highest BCUT2D eigenvalue weighted by atomic mass is 16.5. The Morgan fingerprint density at radius 3 is 2.53 bits per heavy atom. The highest BCUT2D eigenvalue weighted by Gasteiger charge is 2.33. The predicted molar refractivity (Wildman–Crippen MR) is 71.9 cm³/mol. The van der Waals surface area contributed by atoms with Gasteiger partial charge in [0.1, 0.15) is 6.04 Å². The van der Waals surface area contributed by atoms with Crippen LogP contribution >= 0.6 is 0 Å². The zero-order valence-electron chi connectivity index (χ0n) is 11.4. The van der Waals surface area contributed by atoms with Crippen molar-refractivity contribution >= 4 is 11.9 Å². The highest BCUT2D eigenvalue weighted by molar-refractivity contribution is 5.97. The van der Waals surface area contributed by atoms with Crippen molar-refractivity contribution in [2.24, 2.45) is 0 Å². The lowest BCUT2D eigenvalue weighted by molar-refractivity contribution is -0.147. The molecule has 1 amide bonds. The maximum atomic E-state index is 12.5. The number of amides is 1. The van der Waals surface area contributed by atoms with E-state index in [1.54, 1.807) is 17.0 Å². The summed E-state index contributed by atoms with van der Waals surface area (Å²) in [6.45, 7) is 2.60. The molecule has 1 aliphatic heterocycles. The second kappa shape index (κ2) is 5.87. The van der Waals surface area contributed by atoms with Crippen LogP contribution in [0.25, 0.3) is 0 Å². The van der Waals surface area contributed by atoms with Crippen LogP contribution in [-0.4, -0.2) is 36.5 Å². The van der Waals surface area contributed by atoms with Crippen molar-refractivity contribution in [2.45, 2.75) is 32.2 Å². The van der Waals surface area contributed by atoms with Gasteiger partial charge in [-0.25, -0.2) is 4.79 Å². The number of hydrogen-bond donors (Lipinski definition) is 0. The molecule has 1 heterocycles. The summed E-state index contributed by atoms with van der Waals surface area (Å²) in [4.78, 5) is 25.8. The van der Waals surface area contributed by atoms with Crippen LogP contribution in [0.5, 0.6) is 0 Å². The molecule has 0 bridgehead atoms. The molecule has 1 aromatic rings. The fourth-order valence-corrected chi connectivity index (χ4v) is 2.42. The van der Waals surface area contributed by atoms with E-state index in [4.69, 9.17) is 4.74 Å². The van der Waals surface area contributed by atoms with Gasteiger partial charge in [0, 0.05) is 12.1 Å². The molecule has 19 heavy (non-hydrogen) atoms. The van der Waals surface area contributed by atoms with Gasteiger partial charge in [-0.2, -0.15) is 0 Å². The smallest absolute Gasteiger partial charge is 0.328 e. The summed E-state index contributed by atoms with van der Waals surface area (Å²) in [6, 6.07) is 6.99. The fourth-order valence-electron chi connectivity index (χ4n) is 2.42. The Bertz CT molecular complexity index is 467. The standard InChI is InChI=1S/C15H19NO3/c1-11-6-8-12(9-7-11)14(17)16-10-4-3-5-13(16)15(18)19-2/h6-9,13H,3-5,10H2,1-2H3. The van der Waals surface area contributed by atoms with E-state index in [0.29, 0.717) is 18.5 Å². The maximum absolute atomic E-state index is 12.5. The first-order valence-electron chi connectivity index (χ1n) is 6.59. The van der Waals surface area contributed by atoms with Gasteiger partial charge in [-0.15, -0.1) is 0 Å². The topological polar surface area (TPSA) is 46.6 Å². The van der Waals surface area contributed by atoms with E-state index in [1.807, 2.05) is 19.1 Å². The highest BCUT2D eigenvalue weighted by Crippen LogP contribution is 2.20. The van der Waals surface area contributed by atoms with Crippen LogP contribution in [0.4, 0.5) is 0 Å². The molecule has 2 rings (SSSR count). The first-order chi connectivity index (χ1) is 9.13. The number of carbonyl (C=O) groups is 2. The van der Waals surface area contributed by atoms with Gasteiger partial charge >= 0.3 is 5.97 Å². The monoisotopic (exact) mass is 261 g/mol. The Hall–Kier alpha value is -1.84. The van der Waals surface area contributed by atoms with Gasteiger partial charge in [-0.1, -0.05) is 17.7 Å². The normalized spacial score (nSPS) is 19.1. The number of esters is 1. The van der Waals surface area contributed by atoms with Crippen molar-refractivity contribution in [3.63, 3.8) is 0 Å². The van der Waals surface area contributed by atoms with E-state index in [0.717, 1.165) is 18.4 Å². The van der Waals surface area contributed by atoms with Crippen molar-refractivity contribution in [1.82, 2.24) is 4.90 Å². The number of ether oxygens (including phenoxy) is 1. The second-order valence-corrected chi connectivity index (χ2v) is 4.90. The van der Waals surface area contributed by atoms with E-state index in [2.05, 4.69) is 0 Å². The van der Waals surface area contributed by atoms with Crippen molar-refractivity contribution in [3.8, 4) is 0 Å². The quantitative estimate of drug-likeness (QED) is 0.766. The zero-order chi connectivity index (χ0) is 13.8. The summed E-state index contributed by atoms with van der Waals surface area (Å²) >= 11 is 0. The predicted octanol–water partition coefficient (Wildman–Crippen LogP) is 2.16. The second-order valence-electron chi connectivity index (χ2n) is 4.90. The van der Waals surface area contributed by atoms with Crippen LogP contribution in [-0.2, 0) is 9.53 Å². The molecule has 1 aromatic carbocycles. The minimum atomic E-state index is -0.437. The Morgan fingerprint density at radius 2 is 1.89 bits per heavy atom. The minimum absolute atomic E-state index is 0.0879. The molecule has 1 aliphatic rings. The van der Waals surface area contributed by atoms with E-state index in [-0.39, 0.29) is 11.9 Å². The third-order valence-electron chi connectivity index (χ3n) is 3.54. The third kappa shape index (κ3) is 2.95. The lowest BCUT2D eigenvalue weighted by atomic mass is 10.0. The summed E-state index contributed by atoms with van der Waals surface area (Å²) in [5, 5.41) is 0. The molecule has 4 heteroatoms. The summed E-state index contributed by atoms with van der Waals surface area (Å²) in [5.41, 5.74) is 1.74. The molecule has 102 valence electrons. The number of benzene rings is 1. The van der Waals surface area contributed by atoms with Crippen LogP contribution in [0, 0.1) is 6.92 Å². The lowest BCUT2D eigenvalue weighted by Gasteiger charge is -2.33. The molecule has 4 nitrogen and oxygen atoms in total. The number of nitrogens with zero attached hydrogens (tertiary/aromatic N) is 1. The minimum Gasteiger partial charge on any atom is -0.467 e. The summed E-state index contributed by atoms with van der Waals surface area (Å²) in [7, 11) is 1.37. The Balaban J connectivity index is 2.20. The molecular formula is C15H19NO3. The van der Waals surface area contributed by atoms with E-state index >= 15 is 0 Å². The van der Waals surface area contributed by atoms with E-state index < -0.39 is 6.04 Å². The number of hydrogen-bond acceptors (Lipinski definition) is 3. The molecule has 0 spiro atoms. The van der Waals surface area contributed by atoms with Crippen LogP contribution < -0.4 is 0 Å². The van der Waals surface area contributed by atoms with E-state index in [1.165, 1.54) is 7.11 Å². The number of carbonyl (C=O) groups excluding carboxylic acids is 2. The maximum Gasteiger partial charge on any atom is 0.328 e. The van der Waals surface area contributed by atoms with E-state index in [9.17, 15) is 9.59 Å². The van der Waals surface area contributed by atoms with Crippen molar-refractivity contribution in [1.29, 1.82) is 0 Å². The molecule has 0 saturated carbocycles. The largest absolute Gasteiger partial charge is 0.467 e. The average molecular weight is 261 g/mol. The summed E-state index contributed by atoms with van der Waals surface area (Å²) in [6.07, 6.45) is 2.58. The van der Waals surface area contributed by atoms with Gasteiger partial charge in [-0.3, -0.25) is 4.79 Å². The number of aryl methyl sites for hydroxylation is 1. The van der Waals surface area contributed by atoms with Gasteiger partial charge in [0.05, 0.1) is 7.11 Å². The first-order valence-corrected chi connectivity index (χ1v) is 6.59. The van der Waals surface area contributed by atoms with Gasteiger partial charge < -0.3 is 9.64 Å². The summed E-state index contributed by atoms with van der Waals surface area (Å²) in [5.74, 6) is -0.407. The Labute approximate surface area is 113 Å². The fraction of sp³-hybridized carbons (Fsp3) is 0.467. The van der Waals surface area contributed by atoms with Crippen molar-refractivity contribution < 1.29 is 14.3 Å². The third-order valence-corrected chi connectivity index (χ3v) is 3.54. The number of rotatable bonds is 2. The van der Waals surface area contributed by atoms with Crippen molar-refractivity contribution in [3.05, 3.63) is 35.4 Å².